The standard InChI is InChI=1S/C26H31FN2O/c27-21-8-10-22(11-9-21)29-16-14-28(15-17-29)13-12-23-24-7-3-6-19-4-1-2-5-20(26(19)24)18-25(23)30/h3,6-11,20,23H,1-2,4-5,12-18H2. The molecule has 3 nitrogen and oxygen atoms in total. The molecule has 1 fully saturated rings. The zero-order valence-electron chi connectivity index (χ0n) is 17.7. The van der Waals surface area contributed by atoms with Crippen molar-refractivity contribution in [1.29, 1.82) is 0 Å². The van der Waals surface area contributed by atoms with Gasteiger partial charge in [-0.3, -0.25) is 9.69 Å². The summed E-state index contributed by atoms with van der Waals surface area (Å²) in [6.45, 7) is 4.86. The fourth-order valence-corrected chi connectivity index (χ4v) is 5.78. The van der Waals surface area contributed by atoms with Gasteiger partial charge in [0.05, 0.1) is 0 Å². The van der Waals surface area contributed by atoms with E-state index in [4.69, 9.17) is 0 Å². The molecule has 1 aliphatic heterocycles. The van der Waals surface area contributed by atoms with Crippen molar-refractivity contribution in [2.75, 3.05) is 37.6 Å². The Bertz CT molecular complexity index is 902. The molecule has 0 N–H and O–H groups in total. The third-order valence-electron chi connectivity index (χ3n) is 7.40. The molecule has 0 bridgehead atoms. The van der Waals surface area contributed by atoms with Crippen LogP contribution >= 0.6 is 0 Å². The molecule has 0 radical (unpaired) electrons. The van der Waals surface area contributed by atoms with Gasteiger partial charge >= 0.3 is 0 Å². The van der Waals surface area contributed by atoms with E-state index in [1.165, 1.54) is 54.5 Å². The number of halogens is 1. The molecule has 4 heteroatoms. The maximum absolute atomic E-state index is 13.2. The Balaban J connectivity index is 1.23. The van der Waals surface area contributed by atoms with E-state index in [0.29, 0.717) is 11.7 Å². The summed E-state index contributed by atoms with van der Waals surface area (Å²) in [6, 6.07) is 13.5. The third-order valence-corrected chi connectivity index (χ3v) is 7.40. The van der Waals surface area contributed by atoms with Gasteiger partial charge in [0.15, 0.2) is 0 Å². The summed E-state index contributed by atoms with van der Waals surface area (Å²) in [5.74, 6) is 0.804. The largest absolute Gasteiger partial charge is 0.369 e. The molecule has 158 valence electrons. The molecular weight excluding hydrogens is 375 g/mol. The number of ketones is 1. The van der Waals surface area contributed by atoms with Crippen molar-refractivity contribution in [3.63, 3.8) is 0 Å². The molecule has 3 aliphatic rings. The van der Waals surface area contributed by atoms with Crippen LogP contribution in [0.2, 0.25) is 0 Å². The minimum absolute atomic E-state index is 0.0735. The first-order valence-corrected chi connectivity index (χ1v) is 11.6. The Labute approximate surface area is 178 Å². The van der Waals surface area contributed by atoms with Crippen molar-refractivity contribution in [1.82, 2.24) is 4.90 Å². The van der Waals surface area contributed by atoms with Crippen molar-refractivity contribution in [3.05, 3.63) is 65.0 Å². The smallest absolute Gasteiger partial charge is 0.141 e. The predicted molar refractivity (Wildman–Crippen MR) is 119 cm³/mol. The summed E-state index contributed by atoms with van der Waals surface area (Å²) >= 11 is 0. The number of carbonyl (C=O) groups excluding carboxylic acids is 1. The molecule has 2 atom stereocenters. The topological polar surface area (TPSA) is 23.6 Å². The second kappa shape index (κ2) is 8.50. The SMILES string of the molecule is O=C1CC2CCCCc3cccc(c32)C1CCN1CCN(c2ccc(F)cc2)CC1. The lowest BCUT2D eigenvalue weighted by molar-refractivity contribution is -0.121. The van der Waals surface area contributed by atoms with E-state index in [1.54, 1.807) is 0 Å². The first-order valence-electron chi connectivity index (χ1n) is 11.6. The maximum Gasteiger partial charge on any atom is 0.141 e. The van der Waals surface area contributed by atoms with E-state index >= 15 is 0 Å². The normalized spacial score (nSPS) is 24.4. The number of benzene rings is 2. The lowest BCUT2D eigenvalue weighted by atomic mass is 9.72. The molecule has 2 aromatic carbocycles. The molecule has 1 saturated heterocycles. The van der Waals surface area contributed by atoms with Crippen molar-refractivity contribution < 1.29 is 9.18 Å². The Hall–Kier alpha value is -2.20. The van der Waals surface area contributed by atoms with Crippen molar-refractivity contribution >= 4 is 11.5 Å². The van der Waals surface area contributed by atoms with Crippen molar-refractivity contribution in [2.24, 2.45) is 0 Å². The lowest BCUT2D eigenvalue weighted by Gasteiger charge is -2.37. The van der Waals surface area contributed by atoms with Crippen LogP contribution in [0.5, 0.6) is 0 Å². The second-order valence-electron chi connectivity index (χ2n) is 9.18. The number of carbonyl (C=O) groups is 1. The quantitative estimate of drug-likeness (QED) is 0.721. The lowest BCUT2D eigenvalue weighted by Crippen LogP contribution is -2.47. The number of piperazine rings is 1. The summed E-state index contributed by atoms with van der Waals surface area (Å²) in [5, 5.41) is 0. The van der Waals surface area contributed by atoms with E-state index in [1.807, 2.05) is 12.1 Å². The number of nitrogens with zero attached hydrogens (tertiary/aromatic N) is 2. The third kappa shape index (κ3) is 3.90. The number of hydrogen-bond acceptors (Lipinski definition) is 3. The van der Waals surface area contributed by atoms with Gasteiger partial charge in [-0.05, 0) is 79.1 Å². The van der Waals surface area contributed by atoms with Gasteiger partial charge in [-0.15, -0.1) is 0 Å². The molecular formula is C26H31FN2O. The van der Waals surface area contributed by atoms with Gasteiger partial charge < -0.3 is 4.90 Å². The molecule has 1 heterocycles. The number of hydrogen-bond donors (Lipinski definition) is 0. The highest BCUT2D eigenvalue weighted by Gasteiger charge is 2.35. The molecule has 2 aromatic rings. The number of aryl methyl sites for hydroxylation is 1. The Kier molecular flexibility index (Phi) is 5.60. The van der Waals surface area contributed by atoms with E-state index in [2.05, 4.69) is 28.0 Å². The highest BCUT2D eigenvalue weighted by atomic mass is 19.1. The van der Waals surface area contributed by atoms with Crippen LogP contribution in [-0.4, -0.2) is 43.4 Å². The van der Waals surface area contributed by atoms with Crippen LogP contribution in [0.25, 0.3) is 0 Å². The van der Waals surface area contributed by atoms with E-state index in [9.17, 15) is 9.18 Å². The van der Waals surface area contributed by atoms with Crippen LogP contribution in [-0.2, 0) is 11.2 Å². The monoisotopic (exact) mass is 406 g/mol. The molecule has 30 heavy (non-hydrogen) atoms. The average Bonchev–Trinajstić information content (AvgIpc) is 2.98. The van der Waals surface area contributed by atoms with Gasteiger partial charge in [0, 0.05) is 44.2 Å². The highest BCUT2D eigenvalue weighted by molar-refractivity contribution is 5.89. The molecule has 0 aromatic heterocycles. The summed E-state index contributed by atoms with van der Waals surface area (Å²) in [5.41, 5.74) is 5.46. The molecule has 0 spiro atoms. The van der Waals surface area contributed by atoms with Crippen molar-refractivity contribution in [2.45, 2.75) is 50.4 Å². The molecule has 0 amide bonds. The number of rotatable bonds is 4. The number of Topliss-reactive ketones (excluding diaryl/α,β-unsaturated/α-hetero) is 1. The van der Waals surface area contributed by atoms with E-state index in [0.717, 1.165) is 51.3 Å². The molecule has 2 aliphatic carbocycles. The maximum atomic E-state index is 13.2. The number of anilines is 1. The van der Waals surface area contributed by atoms with Gasteiger partial charge in [0.25, 0.3) is 0 Å². The molecule has 2 unspecified atom stereocenters. The summed E-state index contributed by atoms with van der Waals surface area (Å²) < 4.78 is 13.2. The van der Waals surface area contributed by atoms with Gasteiger partial charge in [-0.1, -0.05) is 24.6 Å². The van der Waals surface area contributed by atoms with Crippen LogP contribution in [0, 0.1) is 5.82 Å². The Morgan fingerprint density at radius 3 is 2.57 bits per heavy atom. The van der Waals surface area contributed by atoms with Crippen LogP contribution in [0.15, 0.2) is 42.5 Å². The first kappa shape index (κ1) is 19.7. The van der Waals surface area contributed by atoms with Gasteiger partial charge in [0.1, 0.15) is 11.6 Å². The van der Waals surface area contributed by atoms with Crippen LogP contribution in [0.4, 0.5) is 10.1 Å². The predicted octanol–water partition coefficient (Wildman–Crippen LogP) is 4.90. The van der Waals surface area contributed by atoms with Gasteiger partial charge in [0.2, 0.25) is 0 Å². The first-order chi connectivity index (χ1) is 14.7. The van der Waals surface area contributed by atoms with Crippen LogP contribution in [0.3, 0.4) is 0 Å². The van der Waals surface area contributed by atoms with E-state index < -0.39 is 0 Å². The summed E-state index contributed by atoms with van der Waals surface area (Å²) in [6.07, 6.45) is 6.52. The summed E-state index contributed by atoms with van der Waals surface area (Å²) in [7, 11) is 0. The van der Waals surface area contributed by atoms with Crippen molar-refractivity contribution in [3.8, 4) is 0 Å². The zero-order chi connectivity index (χ0) is 20.5. The van der Waals surface area contributed by atoms with Gasteiger partial charge in [-0.25, -0.2) is 4.39 Å². The van der Waals surface area contributed by atoms with Crippen LogP contribution in [0.1, 0.15) is 60.6 Å². The zero-order valence-corrected chi connectivity index (χ0v) is 17.7. The molecule has 5 rings (SSSR count). The minimum atomic E-state index is -0.185. The average molecular weight is 407 g/mol. The van der Waals surface area contributed by atoms with Crippen LogP contribution < -0.4 is 4.90 Å². The Morgan fingerprint density at radius 2 is 1.77 bits per heavy atom. The van der Waals surface area contributed by atoms with Gasteiger partial charge in [-0.2, -0.15) is 0 Å². The highest BCUT2D eigenvalue weighted by Crippen LogP contribution is 2.44. The Morgan fingerprint density at radius 1 is 0.967 bits per heavy atom. The fraction of sp³-hybridized carbons (Fsp3) is 0.500. The summed E-state index contributed by atoms with van der Waals surface area (Å²) in [4.78, 5) is 17.9. The second-order valence-corrected chi connectivity index (χ2v) is 9.18. The fourth-order valence-electron chi connectivity index (χ4n) is 5.78. The molecule has 0 saturated carbocycles. The van der Waals surface area contributed by atoms with E-state index in [-0.39, 0.29) is 11.7 Å². The minimum Gasteiger partial charge on any atom is -0.369 e.